The van der Waals surface area contributed by atoms with E-state index in [2.05, 4.69) is 78.7 Å². The lowest BCUT2D eigenvalue weighted by Crippen LogP contribution is -2.00. The number of aromatic nitrogens is 12. The molecule has 0 N–H and O–H groups in total. The second kappa shape index (κ2) is 13.0. The Balaban J connectivity index is 0.000000138. The molecule has 10 rings (SSSR count). The van der Waals surface area contributed by atoms with Gasteiger partial charge in [-0.25, -0.2) is 19.0 Å². The number of pyridine rings is 2. The maximum absolute atomic E-state index is 4.77. The summed E-state index contributed by atoms with van der Waals surface area (Å²) in [7, 11) is 3.80. The summed E-state index contributed by atoms with van der Waals surface area (Å²) in [5.41, 5.74) is 12.0. The summed E-state index contributed by atoms with van der Waals surface area (Å²) in [5, 5.41) is 20.3. The number of imidazole rings is 2. The van der Waals surface area contributed by atoms with Crippen LogP contribution in [0.25, 0.3) is 55.6 Å². The van der Waals surface area contributed by atoms with Gasteiger partial charge in [-0.3, -0.25) is 19.3 Å². The van der Waals surface area contributed by atoms with Gasteiger partial charge in [-0.2, -0.15) is 20.4 Å². The molecule has 2 aromatic carbocycles. The van der Waals surface area contributed by atoms with E-state index in [-0.39, 0.29) is 0 Å². The van der Waals surface area contributed by atoms with E-state index in [9.17, 15) is 0 Å². The third-order valence-corrected chi connectivity index (χ3v) is 8.97. The molecule has 0 atom stereocenters. The number of hydrogen-bond acceptors (Lipinski definition) is 8. The van der Waals surface area contributed by atoms with Crippen molar-refractivity contribution in [3.63, 3.8) is 0 Å². The van der Waals surface area contributed by atoms with Crippen LogP contribution in [-0.2, 0) is 26.9 Å². The molecule has 0 amide bonds. The van der Waals surface area contributed by atoms with E-state index in [0.29, 0.717) is 0 Å². The Morgan fingerprint density at radius 1 is 0.500 bits per heavy atom. The summed E-state index contributed by atoms with van der Waals surface area (Å²) in [6.07, 6.45) is 16.5. The van der Waals surface area contributed by atoms with Crippen molar-refractivity contribution in [2.45, 2.75) is 12.8 Å². The molecule has 8 aromatic heterocycles. The van der Waals surface area contributed by atoms with E-state index < -0.39 is 0 Å². The minimum absolute atomic E-state index is 0.759. The number of hydrogen-bond donors (Lipinski definition) is 0. The molecule has 12 nitrogen and oxygen atoms in total. The number of nitrogens with zero attached hydrogens (tertiary/aromatic N) is 12. The van der Waals surface area contributed by atoms with Gasteiger partial charge in [0, 0.05) is 73.6 Å². The first-order chi connectivity index (χ1) is 25.5. The van der Waals surface area contributed by atoms with Gasteiger partial charge in [0.15, 0.2) is 11.3 Å². The van der Waals surface area contributed by atoms with Crippen LogP contribution in [0, 0.1) is 0 Å². The zero-order valence-corrected chi connectivity index (χ0v) is 28.5. The van der Waals surface area contributed by atoms with Crippen LogP contribution in [0.5, 0.6) is 0 Å². The number of benzene rings is 2. The Labute approximate surface area is 297 Å². The molecular formula is C40H32N12. The summed E-state index contributed by atoms with van der Waals surface area (Å²) in [5.74, 6) is 0. The van der Waals surface area contributed by atoms with Gasteiger partial charge in [-0.1, -0.05) is 24.3 Å². The third-order valence-electron chi connectivity index (χ3n) is 8.97. The Bertz CT molecular complexity index is 2660. The van der Waals surface area contributed by atoms with Crippen LogP contribution in [0.4, 0.5) is 0 Å². The molecule has 0 aliphatic rings. The Kier molecular flexibility index (Phi) is 7.73. The fourth-order valence-electron chi connectivity index (χ4n) is 6.39. The predicted octanol–water partition coefficient (Wildman–Crippen LogP) is 6.54. The lowest BCUT2D eigenvalue weighted by Gasteiger charge is -2.05. The lowest BCUT2D eigenvalue weighted by molar-refractivity contribution is 0.767. The summed E-state index contributed by atoms with van der Waals surface area (Å²) in [6.45, 7) is 0. The molecule has 0 radical (unpaired) electrons. The van der Waals surface area contributed by atoms with Crippen molar-refractivity contribution in [2.24, 2.45) is 14.1 Å². The van der Waals surface area contributed by atoms with Crippen molar-refractivity contribution < 1.29 is 0 Å². The second-order valence-corrected chi connectivity index (χ2v) is 12.7. The Morgan fingerprint density at radius 3 is 1.42 bits per heavy atom. The first-order valence-corrected chi connectivity index (χ1v) is 16.9. The highest BCUT2D eigenvalue weighted by Gasteiger charge is 2.11. The highest BCUT2D eigenvalue weighted by molar-refractivity contribution is 5.79. The molecule has 0 unspecified atom stereocenters. The van der Waals surface area contributed by atoms with Gasteiger partial charge in [0.2, 0.25) is 0 Å². The molecule has 10 aromatic rings. The minimum atomic E-state index is 0.759. The van der Waals surface area contributed by atoms with Gasteiger partial charge in [-0.05, 0) is 71.8 Å². The van der Waals surface area contributed by atoms with Gasteiger partial charge < -0.3 is 0 Å². The van der Waals surface area contributed by atoms with E-state index in [4.69, 9.17) is 10.2 Å². The van der Waals surface area contributed by atoms with Crippen molar-refractivity contribution in [3.05, 3.63) is 157 Å². The van der Waals surface area contributed by atoms with Crippen LogP contribution in [0.15, 0.2) is 135 Å². The maximum atomic E-state index is 4.77. The molecule has 8 heterocycles. The van der Waals surface area contributed by atoms with E-state index in [0.717, 1.165) is 79.8 Å². The summed E-state index contributed by atoms with van der Waals surface area (Å²) >= 11 is 0. The number of aryl methyl sites for hydroxylation is 2. The fourth-order valence-corrected chi connectivity index (χ4v) is 6.39. The minimum Gasteiger partial charge on any atom is -0.275 e. The molecule has 52 heavy (non-hydrogen) atoms. The highest BCUT2D eigenvalue weighted by Crippen LogP contribution is 2.22. The van der Waals surface area contributed by atoms with Crippen LogP contribution >= 0.6 is 0 Å². The van der Waals surface area contributed by atoms with E-state index in [1.807, 2.05) is 109 Å². The summed E-state index contributed by atoms with van der Waals surface area (Å²) < 4.78 is 7.38. The molecule has 0 aliphatic heterocycles. The maximum Gasteiger partial charge on any atom is 0.153 e. The standard InChI is InChI=1S/2C20H16N6/c2*1-25-13-16(11-23-25)19-6-7-20-22-12-17(26(20)24-19)10-14-4-5-18-15(9-14)3-2-8-21-18/h2*2-9,11-13H,10H2,1H3. The zero-order chi connectivity index (χ0) is 35.0. The smallest absolute Gasteiger partial charge is 0.153 e. The average molecular weight is 681 g/mol. The van der Waals surface area contributed by atoms with E-state index >= 15 is 0 Å². The van der Waals surface area contributed by atoms with Crippen LogP contribution in [0.2, 0.25) is 0 Å². The molecule has 0 bridgehead atoms. The van der Waals surface area contributed by atoms with Crippen LogP contribution < -0.4 is 0 Å². The van der Waals surface area contributed by atoms with Crippen LogP contribution in [-0.4, -0.2) is 58.7 Å². The van der Waals surface area contributed by atoms with Crippen molar-refractivity contribution in [1.82, 2.24) is 58.7 Å². The number of rotatable bonds is 6. The van der Waals surface area contributed by atoms with Crippen molar-refractivity contribution in [1.29, 1.82) is 0 Å². The first-order valence-electron chi connectivity index (χ1n) is 16.9. The fraction of sp³-hybridized carbons (Fsp3) is 0.100. The van der Waals surface area contributed by atoms with E-state index in [1.54, 1.807) is 9.36 Å². The molecule has 252 valence electrons. The first kappa shape index (κ1) is 30.9. The molecule has 0 fully saturated rings. The summed E-state index contributed by atoms with van der Waals surface area (Å²) in [6, 6.07) is 28.7. The largest absolute Gasteiger partial charge is 0.275 e. The van der Waals surface area contributed by atoms with Crippen molar-refractivity contribution >= 4 is 33.1 Å². The number of fused-ring (bicyclic) bond motifs is 4. The lowest BCUT2D eigenvalue weighted by atomic mass is 10.1. The summed E-state index contributed by atoms with van der Waals surface area (Å²) in [4.78, 5) is 17.7. The SMILES string of the molecule is Cn1cc(-c2ccc3ncc(Cc4ccc5ncccc5c4)n3n2)cn1.Cn1cc(-c2ccc3ncc(Cc4ccc5ncccc5c4)n3n2)cn1. The topological polar surface area (TPSA) is 122 Å². The van der Waals surface area contributed by atoms with Crippen molar-refractivity contribution in [3.8, 4) is 22.5 Å². The monoisotopic (exact) mass is 680 g/mol. The second-order valence-electron chi connectivity index (χ2n) is 12.7. The molecule has 12 heteroatoms. The molecule has 0 saturated carbocycles. The molecule has 0 aliphatic carbocycles. The van der Waals surface area contributed by atoms with Gasteiger partial charge in [0.1, 0.15) is 0 Å². The van der Waals surface area contributed by atoms with Crippen molar-refractivity contribution in [2.75, 3.05) is 0 Å². The zero-order valence-electron chi connectivity index (χ0n) is 28.5. The van der Waals surface area contributed by atoms with Crippen LogP contribution in [0.1, 0.15) is 22.5 Å². The Hall–Kier alpha value is -7.08. The van der Waals surface area contributed by atoms with Gasteiger partial charge in [0.25, 0.3) is 0 Å². The quantitative estimate of drug-likeness (QED) is 0.194. The Morgan fingerprint density at radius 2 is 0.981 bits per heavy atom. The third kappa shape index (κ3) is 6.13. The van der Waals surface area contributed by atoms with Gasteiger partial charge in [0.05, 0.1) is 58.6 Å². The molecule has 0 saturated heterocycles. The van der Waals surface area contributed by atoms with Gasteiger partial charge in [-0.15, -0.1) is 0 Å². The molecule has 0 spiro atoms. The normalized spacial score (nSPS) is 11.4. The highest BCUT2D eigenvalue weighted by atomic mass is 15.3. The van der Waals surface area contributed by atoms with Crippen LogP contribution in [0.3, 0.4) is 0 Å². The van der Waals surface area contributed by atoms with Gasteiger partial charge >= 0.3 is 0 Å². The van der Waals surface area contributed by atoms with E-state index in [1.165, 1.54) is 11.1 Å². The molecular weight excluding hydrogens is 649 g/mol. The average Bonchev–Trinajstić information content (AvgIpc) is 3.99. The predicted molar refractivity (Wildman–Crippen MR) is 199 cm³/mol.